The van der Waals surface area contributed by atoms with Crippen molar-refractivity contribution in [2.24, 2.45) is 4.99 Å². The third-order valence-electron chi connectivity index (χ3n) is 12.3. The van der Waals surface area contributed by atoms with Gasteiger partial charge in [0.25, 0.3) is 0 Å². The number of aromatic nitrogens is 4. The summed E-state index contributed by atoms with van der Waals surface area (Å²) in [5.74, 6) is -5.04. The Balaban J connectivity index is 1.42. The molecule has 0 aliphatic carbocycles. The van der Waals surface area contributed by atoms with Crippen molar-refractivity contribution < 1.29 is 49.2 Å². The predicted octanol–water partition coefficient (Wildman–Crippen LogP) is 7.92. The van der Waals surface area contributed by atoms with E-state index in [-0.39, 0.29) is 70.8 Å². The molecule has 8 bridgehead atoms. The number of carbonyl (C=O) groups is 6. The lowest BCUT2D eigenvalue weighted by Gasteiger charge is -2.18. The summed E-state index contributed by atoms with van der Waals surface area (Å²) in [6.45, 7) is 7.71. The minimum Gasteiger partial charge on any atom is -0.481 e. The predicted molar refractivity (Wildman–Crippen MR) is 260 cm³/mol. The van der Waals surface area contributed by atoms with Gasteiger partial charge >= 0.3 is 23.9 Å². The van der Waals surface area contributed by atoms with E-state index in [0.29, 0.717) is 68.1 Å². The highest BCUT2D eigenvalue weighted by molar-refractivity contribution is 7.78. The Kier molecular flexibility index (Phi) is 16.3. The average molecular weight is 944 g/mol. The molecule has 2 aliphatic rings. The summed E-state index contributed by atoms with van der Waals surface area (Å²) in [6, 6.07) is 13.4. The van der Waals surface area contributed by atoms with Crippen molar-refractivity contribution in [3.8, 4) is 0 Å². The zero-order valence-corrected chi connectivity index (χ0v) is 39.0. The monoisotopic (exact) mass is 943 g/mol. The lowest BCUT2D eigenvalue weighted by molar-refractivity contribution is -0.138. The van der Waals surface area contributed by atoms with Gasteiger partial charge in [0.15, 0.2) is 0 Å². The molecule has 68 heavy (non-hydrogen) atoms. The SMILES string of the molecule is CC1=C(CCC(=O)O)c2cc3nc(cc4[nH]c(cc5[nH]c(cc1n2)c(CCC(=O)O)c5C)c(CCC(=O)NC(CCC(=O)O)C(=O)NCCc1ccc(N=C=S)cc1)c4C)C(CCC(=O)O)=C3C. The Labute approximate surface area is 396 Å². The van der Waals surface area contributed by atoms with E-state index < -0.39 is 41.7 Å². The van der Waals surface area contributed by atoms with E-state index in [9.17, 15) is 49.2 Å². The van der Waals surface area contributed by atoms with Crippen LogP contribution in [0.25, 0.3) is 44.4 Å². The van der Waals surface area contributed by atoms with Crippen LogP contribution in [0.3, 0.4) is 0 Å². The number of thiocarbonyl (C=S) groups is 1. The van der Waals surface area contributed by atoms with Crippen LogP contribution in [0.5, 0.6) is 0 Å². The van der Waals surface area contributed by atoms with Crippen molar-refractivity contribution >= 4 is 103 Å². The van der Waals surface area contributed by atoms with Crippen LogP contribution >= 0.6 is 12.2 Å². The molecule has 4 aromatic rings. The first-order valence-electron chi connectivity index (χ1n) is 22.2. The number of hydrogen-bond donors (Lipinski definition) is 8. The van der Waals surface area contributed by atoms with Crippen LogP contribution in [0, 0.1) is 13.8 Å². The molecule has 1 atom stereocenters. The molecule has 2 amide bonds. The van der Waals surface area contributed by atoms with Gasteiger partial charge in [-0.25, -0.2) is 9.97 Å². The number of aliphatic imine (C=N–C) groups is 1. The average Bonchev–Trinajstić information content (AvgIpc) is 3.94. The fraction of sp³-hybridized carbons (Fsp3) is 0.340. The van der Waals surface area contributed by atoms with Gasteiger partial charge in [-0.15, -0.1) is 0 Å². The Morgan fingerprint density at radius 1 is 0.618 bits per heavy atom. The quantitative estimate of drug-likeness (QED) is 0.0292. The van der Waals surface area contributed by atoms with Crippen molar-refractivity contribution in [1.29, 1.82) is 0 Å². The van der Waals surface area contributed by atoms with Crippen molar-refractivity contribution in [2.45, 2.75) is 104 Å². The van der Waals surface area contributed by atoms with Gasteiger partial charge in [0, 0.05) is 60.7 Å². The van der Waals surface area contributed by atoms with E-state index in [1.807, 2.05) is 58.0 Å². The largest absolute Gasteiger partial charge is 0.481 e. The molecule has 1 aromatic carbocycles. The molecule has 17 nitrogen and oxygen atoms in total. The maximum atomic E-state index is 13.7. The standard InChI is InChI=1S/C50H53N7O10S/c1-26-32(9-14-45(58)57-36(13-18-49(65)66)50(67)51-20-19-30-5-7-31(8-6-30)52-25-68)41-21-38-27(2)33(10-15-46(59)60)43(54-38)23-40-29(4)35(12-17-48(63)64)44(56-40)24-39-28(3)34(11-16-47(61)62)42(55-39)22-37(26)53-41/h5-8,21-24,36,53-54H,9-20H2,1-4H3,(H,51,67)(H,57,58)(H,59,60)(H,61,62)(H,63,64)(H,65,66). The molecule has 2 aliphatic heterocycles. The second-order valence-electron chi connectivity index (χ2n) is 16.8. The van der Waals surface area contributed by atoms with Crippen molar-refractivity contribution in [3.63, 3.8) is 0 Å². The third kappa shape index (κ3) is 12.5. The highest BCUT2D eigenvalue weighted by atomic mass is 32.1. The highest BCUT2D eigenvalue weighted by Crippen LogP contribution is 2.38. The molecule has 3 aromatic heterocycles. The Morgan fingerprint density at radius 2 is 1.10 bits per heavy atom. The number of H-pyrrole nitrogens is 2. The molecule has 1 unspecified atom stereocenters. The van der Waals surface area contributed by atoms with Crippen LogP contribution in [0.15, 0.2) is 53.5 Å². The summed E-state index contributed by atoms with van der Waals surface area (Å²) in [4.78, 5) is 95.0. The van der Waals surface area contributed by atoms with Crippen LogP contribution in [-0.4, -0.2) is 93.8 Å². The Morgan fingerprint density at radius 3 is 1.66 bits per heavy atom. The zero-order chi connectivity index (χ0) is 49.2. The molecular formula is C50H53N7O10S. The van der Waals surface area contributed by atoms with E-state index in [1.54, 1.807) is 18.2 Å². The van der Waals surface area contributed by atoms with Gasteiger partial charge in [-0.2, -0.15) is 4.99 Å². The lowest BCUT2D eigenvalue weighted by Crippen LogP contribution is -2.47. The fourth-order valence-corrected chi connectivity index (χ4v) is 8.58. The second-order valence-corrected chi connectivity index (χ2v) is 17.0. The molecule has 0 radical (unpaired) electrons. The Hall–Kier alpha value is -7.56. The lowest BCUT2D eigenvalue weighted by atomic mass is 9.98. The molecular weight excluding hydrogens is 891 g/mol. The van der Waals surface area contributed by atoms with Crippen molar-refractivity contribution in [1.82, 2.24) is 30.6 Å². The van der Waals surface area contributed by atoms with Gasteiger partial charge in [0.05, 0.1) is 33.6 Å². The number of nitrogens with zero attached hydrogens (tertiary/aromatic N) is 3. The topological polar surface area (TPSA) is 277 Å². The van der Waals surface area contributed by atoms with Crippen LogP contribution in [0.4, 0.5) is 5.69 Å². The van der Waals surface area contributed by atoms with E-state index >= 15 is 0 Å². The van der Waals surface area contributed by atoms with Gasteiger partial charge in [-0.1, -0.05) is 12.1 Å². The number of rotatable bonds is 21. The number of aromatic amines is 2. The molecule has 354 valence electrons. The number of nitrogens with one attached hydrogen (secondary N) is 4. The van der Waals surface area contributed by atoms with Crippen LogP contribution in [0.2, 0.25) is 0 Å². The number of amides is 2. The first-order chi connectivity index (χ1) is 32.4. The summed E-state index contributed by atoms with van der Waals surface area (Å²) in [5.41, 5.74) is 12.2. The molecule has 0 saturated carbocycles. The van der Waals surface area contributed by atoms with E-state index in [2.05, 4.69) is 43.0 Å². The fourth-order valence-electron chi connectivity index (χ4n) is 8.47. The van der Waals surface area contributed by atoms with Crippen LogP contribution < -0.4 is 10.6 Å². The normalized spacial score (nSPS) is 12.6. The maximum Gasteiger partial charge on any atom is 0.303 e. The number of hydrogen-bond acceptors (Lipinski definition) is 10. The maximum absolute atomic E-state index is 13.7. The number of isothiocyanates is 1. The number of fused-ring (bicyclic) bond motifs is 8. The minimum atomic E-state index is -1.12. The van der Waals surface area contributed by atoms with Gasteiger partial charge in [-0.05, 0) is 165 Å². The molecule has 6 rings (SSSR count). The number of carboxylic acids is 4. The first kappa shape index (κ1) is 49.9. The minimum absolute atomic E-state index is 0.0794. The number of aryl methyl sites for hydroxylation is 4. The Bertz CT molecular complexity index is 2980. The number of benzene rings is 1. The molecule has 18 heteroatoms. The van der Waals surface area contributed by atoms with E-state index in [4.69, 9.17) is 9.97 Å². The number of carboxylic acid groups (broad SMARTS) is 4. The van der Waals surface area contributed by atoms with E-state index in [0.717, 1.165) is 39.0 Å². The summed E-state index contributed by atoms with van der Waals surface area (Å²) in [5, 5.41) is 46.4. The number of allylic oxidation sites excluding steroid dienone is 4. The second kappa shape index (κ2) is 22.3. The summed E-state index contributed by atoms with van der Waals surface area (Å²) in [7, 11) is 0. The molecule has 0 spiro atoms. The van der Waals surface area contributed by atoms with Gasteiger partial charge < -0.3 is 41.0 Å². The van der Waals surface area contributed by atoms with Crippen LogP contribution in [0.1, 0.15) is 116 Å². The zero-order valence-electron chi connectivity index (χ0n) is 38.2. The molecule has 0 saturated heterocycles. The van der Waals surface area contributed by atoms with E-state index in [1.165, 1.54) is 0 Å². The number of carbonyl (C=O) groups excluding carboxylic acids is 2. The smallest absolute Gasteiger partial charge is 0.303 e. The summed E-state index contributed by atoms with van der Waals surface area (Å²) < 4.78 is 0. The molecule has 8 N–H and O–H groups in total. The van der Waals surface area contributed by atoms with Crippen LogP contribution in [-0.2, 0) is 48.0 Å². The molecule has 0 fully saturated rings. The highest BCUT2D eigenvalue weighted by Gasteiger charge is 2.25. The van der Waals surface area contributed by atoms with Gasteiger partial charge in [-0.3, -0.25) is 28.8 Å². The number of aliphatic carboxylic acids is 4. The van der Waals surface area contributed by atoms with Gasteiger partial charge in [0.1, 0.15) is 6.04 Å². The molecule has 5 heterocycles. The summed E-state index contributed by atoms with van der Waals surface area (Å²) >= 11 is 4.65. The van der Waals surface area contributed by atoms with Crippen molar-refractivity contribution in [3.05, 3.63) is 99.1 Å². The van der Waals surface area contributed by atoms with Gasteiger partial charge in [0.2, 0.25) is 11.8 Å². The summed E-state index contributed by atoms with van der Waals surface area (Å²) in [6.07, 6.45) is 0.219. The third-order valence-corrected chi connectivity index (χ3v) is 12.4. The van der Waals surface area contributed by atoms with Crippen molar-refractivity contribution in [2.75, 3.05) is 6.54 Å². The first-order valence-corrected chi connectivity index (χ1v) is 22.6.